The van der Waals surface area contributed by atoms with Gasteiger partial charge in [-0.3, -0.25) is 0 Å². The van der Waals surface area contributed by atoms with Gasteiger partial charge in [-0.05, 0) is 63.8 Å². The standard InChI is InChI=1S/C16H23NO4S/c1-12(2)17-22(19,20)15-10-8-13(9-11-15)16(18)21-14-6-4-3-5-7-14/h8-12,14,17H,3-7H2,1-2H3. The second-order valence-corrected chi connectivity index (χ2v) is 7.68. The lowest BCUT2D eigenvalue weighted by atomic mass is 9.98. The van der Waals surface area contributed by atoms with E-state index in [9.17, 15) is 13.2 Å². The van der Waals surface area contributed by atoms with Crippen LogP contribution in [0.4, 0.5) is 0 Å². The number of ether oxygens (including phenoxy) is 1. The summed E-state index contributed by atoms with van der Waals surface area (Å²) >= 11 is 0. The molecule has 22 heavy (non-hydrogen) atoms. The van der Waals surface area contributed by atoms with Crippen molar-refractivity contribution < 1.29 is 17.9 Å². The van der Waals surface area contributed by atoms with Crippen LogP contribution in [0.1, 0.15) is 56.3 Å². The van der Waals surface area contributed by atoms with Crippen molar-refractivity contribution in [3.05, 3.63) is 29.8 Å². The minimum atomic E-state index is -3.53. The molecule has 0 amide bonds. The summed E-state index contributed by atoms with van der Waals surface area (Å²) in [7, 11) is -3.53. The van der Waals surface area contributed by atoms with Crippen molar-refractivity contribution >= 4 is 16.0 Å². The molecule has 1 aromatic carbocycles. The highest BCUT2D eigenvalue weighted by molar-refractivity contribution is 7.89. The van der Waals surface area contributed by atoms with Crippen molar-refractivity contribution in [2.75, 3.05) is 0 Å². The molecule has 0 heterocycles. The van der Waals surface area contributed by atoms with Crippen LogP contribution in [0.25, 0.3) is 0 Å². The largest absolute Gasteiger partial charge is 0.459 e. The molecule has 0 saturated heterocycles. The van der Waals surface area contributed by atoms with Crippen LogP contribution in [0.5, 0.6) is 0 Å². The second kappa shape index (κ2) is 7.24. The van der Waals surface area contributed by atoms with Gasteiger partial charge in [-0.15, -0.1) is 0 Å². The van der Waals surface area contributed by atoms with Gasteiger partial charge in [-0.1, -0.05) is 6.42 Å². The molecular weight excluding hydrogens is 302 g/mol. The molecule has 1 aromatic rings. The highest BCUT2D eigenvalue weighted by Gasteiger charge is 2.20. The summed E-state index contributed by atoms with van der Waals surface area (Å²) in [6.07, 6.45) is 5.20. The first kappa shape index (κ1) is 17.0. The van der Waals surface area contributed by atoms with Crippen LogP contribution in [0.2, 0.25) is 0 Å². The fraction of sp³-hybridized carbons (Fsp3) is 0.562. The number of nitrogens with one attached hydrogen (secondary N) is 1. The van der Waals surface area contributed by atoms with Gasteiger partial charge < -0.3 is 4.74 Å². The van der Waals surface area contributed by atoms with Crippen molar-refractivity contribution in [3.63, 3.8) is 0 Å². The zero-order chi connectivity index (χ0) is 16.2. The number of sulfonamides is 1. The normalized spacial score (nSPS) is 16.7. The Balaban J connectivity index is 2.03. The highest BCUT2D eigenvalue weighted by atomic mass is 32.2. The number of hydrogen-bond donors (Lipinski definition) is 1. The molecule has 0 aromatic heterocycles. The van der Waals surface area contributed by atoms with Gasteiger partial charge in [0.1, 0.15) is 6.10 Å². The Morgan fingerprint density at radius 2 is 1.73 bits per heavy atom. The van der Waals surface area contributed by atoms with Gasteiger partial charge in [-0.25, -0.2) is 17.9 Å². The second-order valence-electron chi connectivity index (χ2n) is 5.97. The SMILES string of the molecule is CC(C)NS(=O)(=O)c1ccc(C(=O)OC2CCCCC2)cc1. The predicted molar refractivity (Wildman–Crippen MR) is 84.2 cm³/mol. The maximum absolute atomic E-state index is 12.1. The van der Waals surface area contributed by atoms with Gasteiger partial charge in [0.25, 0.3) is 0 Å². The lowest BCUT2D eigenvalue weighted by Crippen LogP contribution is -2.30. The van der Waals surface area contributed by atoms with Gasteiger partial charge in [-0.2, -0.15) is 0 Å². The molecule has 1 fully saturated rings. The fourth-order valence-corrected chi connectivity index (χ4v) is 3.80. The van der Waals surface area contributed by atoms with E-state index in [1.165, 1.54) is 30.7 Å². The summed E-state index contributed by atoms with van der Waals surface area (Å²) in [6, 6.07) is 5.69. The molecule has 0 radical (unpaired) electrons. The Labute approximate surface area is 132 Å². The average molecular weight is 325 g/mol. The monoisotopic (exact) mass is 325 g/mol. The first-order chi connectivity index (χ1) is 10.4. The molecule has 2 rings (SSSR count). The van der Waals surface area contributed by atoms with E-state index in [0.717, 1.165) is 25.7 Å². The van der Waals surface area contributed by atoms with Crippen LogP contribution >= 0.6 is 0 Å². The smallest absolute Gasteiger partial charge is 0.338 e. The third-order valence-corrected chi connectivity index (χ3v) is 5.29. The average Bonchev–Trinajstić information content (AvgIpc) is 2.47. The van der Waals surface area contributed by atoms with Crippen molar-refractivity contribution in [1.29, 1.82) is 0 Å². The zero-order valence-electron chi connectivity index (χ0n) is 13.0. The lowest BCUT2D eigenvalue weighted by molar-refractivity contribution is 0.0211. The summed E-state index contributed by atoms with van der Waals surface area (Å²) in [6.45, 7) is 3.51. The summed E-state index contributed by atoms with van der Waals surface area (Å²) in [4.78, 5) is 12.2. The third kappa shape index (κ3) is 4.55. The highest BCUT2D eigenvalue weighted by Crippen LogP contribution is 2.21. The summed E-state index contributed by atoms with van der Waals surface area (Å²) < 4.78 is 32.0. The van der Waals surface area contributed by atoms with Gasteiger partial charge in [0.05, 0.1) is 10.5 Å². The van der Waals surface area contributed by atoms with Crippen LogP contribution in [-0.2, 0) is 14.8 Å². The van der Waals surface area contributed by atoms with Gasteiger partial charge in [0.15, 0.2) is 0 Å². The first-order valence-corrected chi connectivity index (χ1v) is 9.20. The summed E-state index contributed by atoms with van der Waals surface area (Å²) in [5.41, 5.74) is 0.383. The van der Waals surface area contributed by atoms with Crippen molar-refractivity contribution in [2.45, 2.75) is 63.0 Å². The van der Waals surface area contributed by atoms with E-state index in [-0.39, 0.29) is 23.0 Å². The quantitative estimate of drug-likeness (QED) is 0.845. The van der Waals surface area contributed by atoms with E-state index in [0.29, 0.717) is 5.56 Å². The molecule has 0 unspecified atom stereocenters. The third-order valence-electron chi connectivity index (χ3n) is 3.62. The molecule has 0 aliphatic heterocycles. The molecule has 1 aliphatic carbocycles. The number of benzene rings is 1. The molecule has 0 atom stereocenters. The van der Waals surface area contributed by atoms with Gasteiger partial charge in [0, 0.05) is 6.04 Å². The number of carbonyl (C=O) groups is 1. The molecule has 0 spiro atoms. The van der Waals surface area contributed by atoms with E-state index in [2.05, 4.69) is 4.72 Å². The molecule has 122 valence electrons. The van der Waals surface area contributed by atoms with Crippen LogP contribution in [0, 0.1) is 0 Å². The van der Waals surface area contributed by atoms with Crippen LogP contribution in [0.3, 0.4) is 0 Å². The minimum absolute atomic E-state index is 0.00716. The lowest BCUT2D eigenvalue weighted by Gasteiger charge is -2.21. The molecule has 1 N–H and O–H groups in total. The van der Waals surface area contributed by atoms with Crippen LogP contribution in [-0.4, -0.2) is 26.5 Å². The molecule has 5 nitrogen and oxygen atoms in total. The van der Waals surface area contributed by atoms with Crippen LogP contribution < -0.4 is 4.72 Å². The van der Waals surface area contributed by atoms with E-state index in [1.807, 2.05) is 0 Å². The van der Waals surface area contributed by atoms with Crippen molar-refractivity contribution in [1.82, 2.24) is 4.72 Å². The molecule has 1 saturated carbocycles. The first-order valence-electron chi connectivity index (χ1n) is 7.72. The molecule has 1 aliphatic rings. The summed E-state index contributed by atoms with van der Waals surface area (Å²) in [5, 5.41) is 0. The molecule has 6 heteroatoms. The van der Waals surface area contributed by atoms with E-state index < -0.39 is 10.0 Å². The maximum atomic E-state index is 12.1. The minimum Gasteiger partial charge on any atom is -0.459 e. The Morgan fingerprint density at radius 3 is 2.27 bits per heavy atom. The zero-order valence-corrected chi connectivity index (χ0v) is 13.9. The Bertz CT molecular complexity index is 602. The van der Waals surface area contributed by atoms with Gasteiger partial charge >= 0.3 is 5.97 Å². The number of carbonyl (C=O) groups excluding carboxylic acids is 1. The Hall–Kier alpha value is -1.40. The van der Waals surface area contributed by atoms with Crippen molar-refractivity contribution in [2.24, 2.45) is 0 Å². The van der Waals surface area contributed by atoms with E-state index in [4.69, 9.17) is 4.74 Å². The molecular formula is C16H23NO4S. The number of rotatable bonds is 5. The summed E-state index contributed by atoms with van der Waals surface area (Å²) in [5.74, 6) is -0.382. The molecule has 0 bridgehead atoms. The van der Waals surface area contributed by atoms with Crippen LogP contribution in [0.15, 0.2) is 29.2 Å². The topological polar surface area (TPSA) is 72.5 Å². The number of esters is 1. The predicted octanol–water partition coefficient (Wildman–Crippen LogP) is 2.86. The van der Waals surface area contributed by atoms with Crippen molar-refractivity contribution in [3.8, 4) is 0 Å². The number of hydrogen-bond acceptors (Lipinski definition) is 4. The maximum Gasteiger partial charge on any atom is 0.338 e. The van der Waals surface area contributed by atoms with Gasteiger partial charge in [0.2, 0.25) is 10.0 Å². The Morgan fingerprint density at radius 1 is 1.14 bits per heavy atom. The Kier molecular flexibility index (Phi) is 5.58. The van der Waals surface area contributed by atoms with E-state index >= 15 is 0 Å². The van der Waals surface area contributed by atoms with E-state index in [1.54, 1.807) is 13.8 Å². The fourth-order valence-electron chi connectivity index (χ4n) is 2.55.